The van der Waals surface area contributed by atoms with E-state index in [0.29, 0.717) is 40.1 Å². The normalized spacial score (nSPS) is 19.7. The van der Waals surface area contributed by atoms with Crippen molar-refractivity contribution in [1.82, 2.24) is 4.90 Å². The molecular formula is C32H42Cl2N2O3. The monoisotopic (exact) mass is 572 g/mol. The number of halogens is 2. The van der Waals surface area contributed by atoms with Crippen LogP contribution in [0.5, 0.6) is 0 Å². The van der Waals surface area contributed by atoms with Crippen LogP contribution in [-0.2, 0) is 4.79 Å². The van der Waals surface area contributed by atoms with E-state index in [-0.39, 0.29) is 28.3 Å². The van der Waals surface area contributed by atoms with E-state index in [1.165, 1.54) is 0 Å². The lowest BCUT2D eigenvalue weighted by atomic mass is 9.78. The van der Waals surface area contributed by atoms with Crippen molar-refractivity contribution in [2.24, 2.45) is 21.7 Å². The van der Waals surface area contributed by atoms with Crippen molar-refractivity contribution in [3.8, 4) is 0 Å². The Labute approximate surface area is 243 Å². The standard InChI is InChI=1S/C32H42Cl2N2O3/c1-20(31(5,6)7)13-16-32(8)35-27(23-17-24(33)19-25(34)18-23)28(37)36(32)26(14-15-30(2,3)4)21-9-11-22(12-10-21)29(38)39/h9-12,17-20,26H,13-16H2,1-8H3,(H,38,39). The molecule has 0 aliphatic carbocycles. The molecule has 0 saturated carbocycles. The second-order valence-corrected chi connectivity index (χ2v) is 14.2. The van der Waals surface area contributed by atoms with Crippen molar-refractivity contribution < 1.29 is 14.7 Å². The van der Waals surface area contributed by atoms with Crippen molar-refractivity contribution in [2.75, 3.05) is 0 Å². The number of amides is 1. The number of carbonyl (C=O) groups excluding carboxylic acids is 1. The summed E-state index contributed by atoms with van der Waals surface area (Å²) in [5, 5.41) is 10.3. The molecule has 1 aliphatic heterocycles. The smallest absolute Gasteiger partial charge is 0.335 e. The molecule has 0 saturated heterocycles. The molecule has 1 amide bonds. The summed E-state index contributed by atoms with van der Waals surface area (Å²) in [4.78, 5) is 32.9. The zero-order valence-electron chi connectivity index (χ0n) is 24.4. The van der Waals surface area contributed by atoms with Gasteiger partial charge < -0.3 is 10.0 Å². The third-order valence-corrected chi connectivity index (χ3v) is 8.42. The fourth-order valence-corrected chi connectivity index (χ4v) is 5.52. The molecule has 7 heteroatoms. The number of aromatic carboxylic acids is 1. The van der Waals surface area contributed by atoms with E-state index in [1.54, 1.807) is 30.3 Å². The van der Waals surface area contributed by atoms with E-state index >= 15 is 0 Å². The lowest BCUT2D eigenvalue weighted by Gasteiger charge is -2.41. The van der Waals surface area contributed by atoms with Gasteiger partial charge in [0.1, 0.15) is 11.4 Å². The summed E-state index contributed by atoms with van der Waals surface area (Å²) in [7, 11) is 0. The average molecular weight is 574 g/mol. The average Bonchev–Trinajstić information content (AvgIpc) is 3.07. The molecule has 3 rings (SSSR count). The molecule has 1 aliphatic rings. The van der Waals surface area contributed by atoms with Crippen LogP contribution in [0.4, 0.5) is 0 Å². The van der Waals surface area contributed by atoms with Gasteiger partial charge in [0.05, 0.1) is 11.6 Å². The van der Waals surface area contributed by atoms with E-state index in [2.05, 4.69) is 48.5 Å². The van der Waals surface area contributed by atoms with Crippen molar-refractivity contribution in [3.63, 3.8) is 0 Å². The number of hydrogen-bond donors (Lipinski definition) is 1. The molecule has 0 fully saturated rings. The van der Waals surface area contributed by atoms with Gasteiger partial charge in [-0.3, -0.25) is 9.79 Å². The molecule has 0 spiro atoms. The van der Waals surface area contributed by atoms with Gasteiger partial charge in [0.2, 0.25) is 0 Å². The first-order valence-electron chi connectivity index (χ1n) is 13.6. The summed E-state index contributed by atoms with van der Waals surface area (Å²) in [5.41, 5.74) is 1.44. The van der Waals surface area contributed by atoms with Crippen LogP contribution in [0.15, 0.2) is 47.5 Å². The lowest BCUT2D eigenvalue weighted by Crippen LogP contribution is -2.47. The van der Waals surface area contributed by atoms with Gasteiger partial charge in [-0.25, -0.2) is 4.79 Å². The van der Waals surface area contributed by atoms with Gasteiger partial charge in [-0.15, -0.1) is 0 Å². The number of benzene rings is 2. The minimum Gasteiger partial charge on any atom is -0.478 e. The SMILES string of the molecule is CC(CCC1(C)N=C(c2cc(Cl)cc(Cl)c2)C(=O)N1C(CCC(C)(C)C)c1ccc(C(=O)O)cc1)C(C)(C)C. The van der Waals surface area contributed by atoms with Gasteiger partial charge in [0.25, 0.3) is 5.91 Å². The molecule has 1 N–H and O–H groups in total. The molecule has 3 atom stereocenters. The molecule has 2 aromatic carbocycles. The zero-order valence-corrected chi connectivity index (χ0v) is 26.0. The number of aliphatic imine (C=N–C) groups is 1. The van der Waals surface area contributed by atoms with Crippen LogP contribution in [0, 0.1) is 16.7 Å². The maximum atomic E-state index is 14.3. The molecule has 0 radical (unpaired) electrons. The highest BCUT2D eigenvalue weighted by atomic mass is 35.5. The number of rotatable bonds is 9. The number of carboxylic acid groups (broad SMARTS) is 1. The van der Waals surface area contributed by atoms with E-state index in [0.717, 1.165) is 18.4 Å². The second-order valence-electron chi connectivity index (χ2n) is 13.4. The minimum absolute atomic E-state index is 0.0450. The van der Waals surface area contributed by atoms with E-state index in [9.17, 15) is 14.7 Å². The first-order valence-corrected chi connectivity index (χ1v) is 14.4. The Kier molecular flexibility index (Phi) is 9.29. The Bertz CT molecular complexity index is 1220. The molecule has 3 unspecified atom stereocenters. The summed E-state index contributed by atoms with van der Waals surface area (Å²) in [5.74, 6) is -0.732. The Morgan fingerprint density at radius 2 is 1.56 bits per heavy atom. The van der Waals surface area contributed by atoms with Gasteiger partial charge in [0.15, 0.2) is 0 Å². The minimum atomic E-state index is -0.977. The van der Waals surface area contributed by atoms with Crippen LogP contribution in [-0.4, -0.2) is 33.3 Å². The van der Waals surface area contributed by atoms with Gasteiger partial charge >= 0.3 is 5.97 Å². The Hall–Kier alpha value is -2.37. The molecule has 39 heavy (non-hydrogen) atoms. The number of nitrogens with zero attached hydrogens (tertiary/aromatic N) is 2. The number of carbonyl (C=O) groups is 2. The van der Waals surface area contributed by atoms with Crippen molar-refractivity contribution in [3.05, 3.63) is 69.2 Å². The second kappa shape index (κ2) is 11.6. The predicted octanol–water partition coefficient (Wildman–Crippen LogP) is 9.07. The molecule has 0 aromatic heterocycles. The molecule has 2 aromatic rings. The van der Waals surface area contributed by atoms with Gasteiger partial charge in [0, 0.05) is 15.6 Å². The Balaban J connectivity index is 2.13. The predicted molar refractivity (Wildman–Crippen MR) is 161 cm³/mol. The first-order chi connectivity index (χ1) is 17.9. The highest BCUT2D eigenvalue weighted by Gasteiger charge is 2.48. The molecule has 5 nitrogen and oxygen atoms in total. The summed E-state index contributed by atoms with van der Waals surface area (Å²) < 4.78 is 0. The topological polar surface area (TPSA) is 70.0 Å². The Morgan fingerprint density at radius 3 is 2.05 bits per heavy atom. The van der Waals surface area contributed by atoms with Crippen molar-refractivity contribution >= 4 is 40.8 Å². The van der Waals surface area contributed by atoms with Gasteiger partial charge in [-0.1, -0.05) is 83.8 Å². The van der Waals surface area contributed by atoms with Crippen molar-refractivity contribution in [2.45, 2.75) is 92.8 Å². The quantitative estimate of drug-likeness (QED) is 0.325. The first kappa shape index (κ1) is 31.2. The fraction of sp³-hybridized carbons (Fsp3) is 0.531. The summed E-state index contributed by atoms with van der Waals surface area (Å²) in [6.07, 6.45) is 3.16. The van der Waals surface area contributed by atoms with Crippen LogP contribution < -0.4 is 0 Å². The fourth-order valence-electron chi connectivity index (χ4n) is 4.99. The van der Waals surface area contributed by atoms with Crippen LogP contribution in [0.3, 0.4) is 0 Å². The van der Waals surface area contributed by atoms with Crippen LogP contribution in [0.2, 0.25) is 10.0 Å². The molecule has 0 bridgehead atoms. The van der Waals surface area contributed by atoms with E-state index < -0.39 is 11.6 Å². The molecular weight excluding hydrogens is 531 g/mol. The highest BCUT2D eigenvalue weighted by Crippen LogP contribution is 2.43. The third-order valence-electron chi connectivity index (χ3n) is 7.98. The van der Waals surface area contributed by atoms with Crippen LogP contribution in [0.25, 0.3) is 0 Å². The maximum absolute atomic E-state index is 14.3. The maximum Gasteiger partial charge on any atom is 0.335 e. The summed E-state index contributed by atoms with van der Waals surface area (Å²) in [6.45, 7) is 17.5. The number of hydrogen-bond acceptors (Lipinski definition) is 3. The largest absolute Gasteiger partial charge is 0.478 e. The van der Waals surface area contributed by atoms with Crippen molar-refractivity contribution in [1.29, 1.82) is 0 Å². The summed E-state index contributed by atoms with van der Waals surface area (Å²) >= 11 is 12.6. The molecule has 212 valence electrons. The summed E-state index contributed by atoms with van der Waals surface area (Å²) in [6, 6.07) is 11.7. The lowest BCUT2D eigenvalue weighted by molar-refractivity contribution is -0.131. The highest BCUT2D eigenvalue weighted by molar-refractivity contribution is 6.47. The zero-order chi connectivity index (χ0) is 29.3. The number of carboxylic acids is 1. The molecule has 1 heterocycles. The van der Waals surface area contributed by atoms with Crippen LogP contribution in [0.1, 0.15) is 109 Å². The van der Waals surface area contributed by atoms with E-state index in [4.69, 9.17) is 28.2 Å². The van der Waals surface area contributed by atoms with Gasteiger partial charge in [-0.2, -0.15) is 0 Å². The van der Waals surface area contributed by atoms with Crippen LogP contribution >= 0.6 is 23.2 Å². The van der Waals surface area contributed by atoms with Gasteiger partial charge in [-0.05, 0) is 85.3 Å². The Morgan fingerprint density at radius 1 is 1.00 bits per heavy atom. The van der Waals surface area contributed by atoms with E-state index in [1.807, 2.05) is 24.0 Å². The third kappa shape index (κ3) is 7.64.